The molecule has 0 aromatic carbocycles. The van der Waals surface area contributed by atoms with E-state index in [1.54, 1.807) is 0 Å². The van der Waals surface area contributed by atoms with E-state index in [9.17, 15) is 4.79 Å². The van der Waals surface area contributed by atoms with Crippen molar-refractivity contribution in [2.24, 2.45) is 5.92 Å². The first-order chi connectivity index (χ1) is 6.63. The maximum Gasteiger partial charge on any atom is 0.308 e. The Kier molecular flexibility index (Phi) is 4.80. The Morgan fingerprint density at radius 2 is 2.43 bits per heavy atom. The molecule has 0 spiro atoms. The third kappa shape index (κ3) is 4.36. The Morgan fingerprint density at radius 1 is 1.79 bits per heavy atom. The molecular weight excluding hydrogens is 216 g/mol. The van der Waals surface area contributed by atoms with Gasteiger partial charge in [0.05, 0.1) is 12.5 Å². The summed E-state index contributed by atoms with van der Waals surface area (Å²) < 4.78 is 15.4. The maximum absolute atomic E-state index is 11.4. The van der Waals surface area contributed by atoms with Crippen molar-refractivity contribution < 1.29 is 18.4 Å². The van der Waals surface area contributed by atoms with Crippen LogP contribution in [0.4, 0.5) is 0 Å². The fourth-order valence-electron chi connectivity index (χ4n) is 1.17. The van der Waals surface area contributed by atoms with Crippen molar-refractivity contribution in [3.05, 3.63) is 0 Å². The van der Waals surface area contributed by atoms with Crippen LogP contribution in [0.3, 0.4) is 0 Å². The van der Waals surface area contributed by atoms with Gasteiger partial charge < -0.3 is 13.6 Å². The van der Waals surface area contributed by atoms with Crippen LogP contribution < -0.4 is 0 Å². The zero-order valence-corrected chi connectivity index (χ0v) is 12.1. The first kappa shape index (κ1) is 11.9. The summed E-state index contributed by atoms with van der Waals surface area (Å²) in [7, 11) is -0.326. The lowest BCUT2D eigenvalue weighted by molar-refractivity contribution is -0.147. The molecule has 82 valence electrons. The Morgan fingerprint density at radius 3 is 2.93 bits per heavy atom. The molecule has 3 atom stereocenters. The Balaban J connectivity index is 2.13. The van der Waals surface area contributed by atoms with Gasteiger partial charge in [-0.3, -0.25) is 4.79 Å². The van der Waals surface area contributed by atoms with Crippen LogP contribution in [0.1, 0.15) is 6.92 Å². The van der Waals surface area contributed by atoms with Gasteiger partial charge in [0, 0.05) is 0 Å². The van der Waals surface area contributed by atoms with Gasteiger partial charge in [0.25, 0.3) is 0 Å². The van der Waals surface area contributed by atoms with Crippen LogP contribution >= 0.6 is 0 Å². The molecule has 0 saturated carbocycles. The van der Waals surface area contributed by atoms with Crippen molar-refractivity contribution in [3.8, 4) is 0 Å². The molecule has 4 nitrogen and oxygen atoms in total. The molecule has 0 amide bonds. The highest BCUT2D eigenvalue weighted by Gasteiger charge is 2.26. The van der Waals surface area contributed by atoms with Crippen molar-refractivity contribution >= 4 is 25.5 Å². The Hall–Kier alpha value is -0.176. The number of epoxide rings is 1. The molecule has 1 saturated heterocycles. The molecule has 0 N–H and O–H groups in total. The Bertz CT molecular complexity index is 196. The molecule has 1 heterocycles. The van der Waals surface area contributed by atoms with Gasteiger partial charge in [0.2, 0.25) is 0 Å². The summed E-state index contributed by atoms with van der Waals surface area (Å²) >= 11 is 0. The number of ether oxygens (including phenoxy) is 2. The Labute approximate surface area is 89.2 Å². The number of hydrogen-bond acceptors (Lipinski definition) is 4. The molecule has 0 bridgehead atoms. The van der Waals surface area contributed by atoms with Gasteiger partial charge >= 0.3 is 5.97 Å². The van der Waals surface area contributed by atoms with Gasteiger partial charge in [-0.25, -0.2) is 0 Å². The van der Waals surface area contributed by atoms with Gasteiger partial charge in [-0.2, -0.15) is 0 Å². The van der Waals surface area contributed by atoms with Gasteiger partial charge in [-0.05, 0) is 12.6 Å². The van der Waals surface area contributed by atoms with Crippen LogP contribution in [0.5, 0.6) is 0 Å². The van der Waals surface area contributed by atoms with E-state index in [2.05, 4.69) is 6.55 Å². The SMILES string of the molecule is CC(C[SiH](C)O[SiH3])C(=O)OCC1CO1. The fraction of sp³-hybridized carbons (Fsp3) is 0.875. The average molecular weight is 234 g/mol. The molecule has 1 aliphatic rings. The van der Waals surface area contributed by atoms with E-state index in [1.807, 2.05) is 6.92 Å². The standard InChI is InChI=1S/C8H18O4Si2/c1-6(5-14(2)12-13)8(9)11-4-7-3-10-7/h6-7,14H,3-5H2,1-2,13H3. The van der Waals surface area contributed by atoms with E-state index in [-0.39, 0.29) is 18.0 Å². The van der Waals surface area contributed by atoms with Gasteiger partial charge in [0.1, 0.15) is 23.2 Å². The largest absolute Gasteiger partial charge is 0.466 e. The van der Waals surface area contributed by atoms with E-state index < -0.39 is 9.04 Å². The lowest BCUT2D eigenvalue weighted by atomic mass is 10.2. The lowest BCUT2D eigenvalue weighted by Gasteiger charge is -2.13. The molecule has 3 unspecified atom stereocenters. The molecule has 14 heavy (non-hydrogen) atoms. The minimum atomic E-state index is -1.10. The van der Waals surface area contributed by atoms with Gasteiger partial charge in [0.15, 0.2) is 9.04 Å². The van der Waals surface area contributed by atoms with Crippen molar-refractivity contribution in [2.45, 2.75) is 25.6 Å². The predicted molar refractivity (Wildman–Crippen MR) is 58.7 cm³/mol. The minimum Gasteiger partial charge on any atom is -0.466 e. The van der Waals surface area contributed by atoms with Crippen LogP contribution in [-0.4, -0.2) is 44.8 Å². The summed E-state index contributed by atoms with van der Waals surface area (Å²) in [5, 5.41) is 0. The van der Waals surface area contributed by atoms with Crippen molar-refractivity contribution in [1.29, 1.82) is 0 Å². The highest BCUT2D eigenvalue weighted by Crippen LogP contribution is 2.13. The summed E-state index contributed by atoms with van der Waals surface area (Å²) in [6.45, 7) is 5.16. The summed E-state index contributed by atoms with van der Waals surface area (Å²) in [5.41, 5.74) is 0. The fourth-order valence-corrected chi connectivity index (χ4v) is 3.13. The van der Waals surface area contributed by atoms with Crippen LogP contribution in [0.2, 0.25) is 12.6 Å². The number of esters is 1. The lowest BCUT2D eigenvalue weighted by Crippen LogP contribution is -2.23. The van der Waals surface area contributed by atoms with E-state index in [1.165, 1.54) is 0 Å². The second-order valence-electron chi connectivity index (χ2n) is 3.77. The molecule has 0 aromatic heterocycles. The number of carbonyl (C=O) groups is 1. The molecular formula is C8H18O4Si2. The summed E-state index contributed by atoms with van der Waals surface area (Å²) in [6.07, 6.45) is 0.163. The zero-order chi connectivity index (χ0) is 10.6. The van der Waals surface area contributed by atoms with Crippen molar-refractivity contribution in [2.75, 3.05) is 13.2 Å². The number of hydrogen-bond donors (Lipinski definition) is 0. The van der Waals surface area contributed by atoms with Crippen molar-refractivity contribution in [3.63, 3.8) is 0 Å². The van der Waals surface area contributed by atoms with Crippen LogP contribution in [-0.2, 0) is 18.4 Å². The summed E-state index contributed by atoms with van der Waals surface area (Å²) in [6, 6.07) is 0.869. The van der Waals surface area contributed by atoms with Crippen molar-refractivity contribution in [1.82, 2.24) is 0 Å². The third-order valence-electron chi connectivity index (χ3n) is 2.30. The molecule has 0 aliphatic carbocycles. The topological polar surface area (TPSA) is 48.1 Å². The first-order valence-electron chi connectivity index (χ1n) is 4.94. The molecule has 1 aliphatic heterocycles. The first-order valence-corrected chi connectivity index (χ1v) is 8.20. The molecule has 6 heteroatoms. The second kappa shape index (κ2) is 5.64. The smallest absolute Gasteiger partial charge is 0.308 e. The molecule has 0 radical (unpaired) electrons. The van der Waals surface area contributed by atoms with E-state index in [0.29, 0.717) is 6.61 Å². The van der Waals surface area contributed by atoms with Gasteiger partial charge in [-0.15, -0.1) is 0 Å². The van der Waals surface area contributed by atoms with E-state index >= 15 is 0 Å². The van der Waals surface area contributed by atoms with E-state index in [4.69, 9.17) is 13.6 Å². The highest BCUT2D eigenvalue weighted by atomic mass is 28.3. The molecule has 0 aromatic rings. The monoisotopic (exact) mass is 234 g/mol. The number of rotatable bonds is 6. The van der Waals surface area contributed by atoms with Gasteiger partial charge in [-0.1, -0.05) is 6.92 Å². The average Bonchev–Trinajstić information content (AvgIpc) is 2.97. The minimum absolute atomic E-state index is 0.0237. The zero-order valence-electron chi connectivity index (χ0n) is 8.99. The van der Waals surface area contributed by atoms with Crippen LogP contribution in [0.25, 0.3) is 0 Å². The predicted octanol–water partition coefficient (Wildman–Crippen LogP) is -0.785. The number of carbonyl (C=O) groups excluding carboxylic acids is 1. The van der Waals surface area contributed by atoms with Crippen LogP contribution in [0.15, 0.2) is 0 Å². The maximum atomic E-state index is 11.4. The molecule has 1 fully saturated rings. The normalized spacial score (nSPS) is 24.3. The van der Waals surface area contributed by atoms with E-state index in [0.717, 1.165) is 23.1 Å². The highest BCUT2D eigenvalue weighted by molar-refractivity contribution is 6.54. The quantitative estimate of drug-likeness (QED) is 0.343. The third-order valence-corrected chi connectivity index (χ3v) is 6.89. The summed E-state index contributed by atoms with van der Waals surface area (Å²) in [4.78, 5) is 11.4. The second-order valence-corrected chi connectivity index (χ2v) is 7.75. The molecule has 1 rings (SSSR count). The summed E-state index contributed by atoms with van der Waals surface area (Å²) in [5.74, 6) is -0.136. The van der Waals surface area contributed by atoms with Crippen LogP contribution in [0, 0.1) is 5.92 Å².